The number of aromatic nitrogens is 5. The fourth-order valence-corrected chi connectivity index (χ4v) is 2.83. The molecule has 4 aromatic rings. The number of hydrogen-bond donors (Lipinski definition) is 0. The predicted molar refractivity (Wildman–Crippen MR) is 87.8 cm³/mol. The van der Waals surface area contributed by atoms with E-state index < -0.39 is 0 Å². The van der Waals surface area contributed by atoms with Crippen molar-refractivity contribution in [3.8, 4) is 0 Å². The molecular formula is C16H12BrN5. The zero-order valence-electron chi connectivity index (χ0n) is 11.9. The van der Waals surface area contributed by atoms with Gasteiger partial charge in [-0.05, 0) is 58.7 Å². The van der Waals surface area contributed by atoms with Crippen LogP contribution in [0.3, 0.4) is 0 Å². The van der Waals surface area contributed by atoms with Crippen LogP contribution in [0.1, 0.15) is 17.1 Å². The molecule has 1 aromatic carbocycles. The highest BCUT2D eigenvalue weighted by molar-refractivity contribution is 9.10. The van der Waals surface area contributed by atoms with Gasteiger partial charge in [0.2, 0.25) is 0 Å². The summed E-state index contributed by atoms with van der Waals surface area (Å²) in [5, 5.41) is 14.0. The molecule has 0 bridgehead atoms. The van der Waals surface area contributed by atoms with Crippen molar-refractivity contribution in [2.24, 2.45) is 0 Å². The van der Waals surface area contributed by atoms with Crippen molar-refractivity contribution >= 4 is 32.5 Å². The van der Waals surface area contributed by atoms with Gasteiger partial charge < -0.3 is 0 Å². The molecule has 0 amide bonds. The highest BCUT2D eigenvalue weighted by atomic mass is 79.9. The maximum Gasteiger partial charge on any atom is 0.177 e. The van der Waals surface area contributed by atoms with Crippen molar-refractivity contribution in [3.63, 3.8) is 0 Å². The lowest BCUT2D eigenvalue weighted by atomic mass is 10.1. The zero-order chi connectivity index (χ0) is 15.1. The molecule has 108 valence electrons. The van der Waals surface area contributed by atoms with E-state index in [-0.39, 0.29) is 0 Å². The molecule has 0 fully saturated rings. The van der Waals surface area contributed by atoms with Gasteiger partial charge in [0, 0.05) is 22.5 Å². The van der Waals surface area contributed by atoms with Crippen LogP contribution in [0.15, 0.2) is 47.1 Å². The molecule has 0 aliphatic rings. The first-order chi connectivity index (χ1) is 10.7. The van der Waals surface area contributed by atoms with Gasteiger partial charge in [0.1, 0.15) is 0 Å². The molecule has 22 heavy (non-hydrogen) atoms. The Balaban J connectivity index is 1.77. The fraction of sp³-hybridized carbons (Fsp3) is 0.125. The van der Waals surface area contributed by atoms with Gasteiger partial charge in [-0.1, -0.05) is 6.07 Å². The number of nitrogens with zero attached hydrogens (tertiary/aromatic N) is 5. The molecule has 0 unspecified atom stereocenters. The van der Waals surface area contributed by atoms with Gasteiger partial charge in [-0.3, -0.25) is 4.98 Å². The monoisotopic (exact) mass is 353 g/mol. The van der Waals surface area contributed by atoms with Crippen LogP contribution in [0.2, 0.25) is 0 Å². The lowest BCUT2D eigenvalue weighted by Gasteiger charge is -2.03. The van der Waals surface area contributed by atoms with Crippen molar-refractivity contribution in [2.45, 2.75) is 13.3 Å². The summed E-state index contributed by atoms with van der Waals surface area (Å²) in [6, 6.07) is 12.2. The average molecular weight is 354 g/mol. The average Bonchev–Trinajstić information content (AvgIpc) is 2.89. The van der Waals surface area contributed by atoms with E-state index in [0.717, 1.165) is 38.1 Å². The van der Waals surface area contributed by atoms with Gasteiger partial charge in [0.05, 0.1) is 11.2 Å². The summed E-state index contributed by atoms with van der Waals surface area (Å²) >= 11 is 3.46. The molecule has 5 nitrogen and oxygen atoms in total. The first-order valence-electron chi connectivity index (χ1n) is 6.91. The smallest absolute Gasteiger partial charge is 0.177 e. The van der Waals surface area contributed by atoms with Crippen LogP contribution in [0.25, 0.3) is 16.6 Å². The van der Waals surface area contributed by atoms with Gasteiger partial charge in [-0.25, -0.2) is 0 Å². The van der Waals surface area contributed by atoms with Crippen LogP contribution < -0.4 is 0 Å². The highest BCUT2D eigenvalue weighted by Crippen LogP contribution is 2.20. The third kappa shape index (κ3) is 2.35. The second-order valence-electron chi connectivity index (χ2n) is 5.22. The van der Waals surface area contributed by atoms with Gasteiger partial charge in [0.25, 0.3) is 0 Å². The number of rotatable bonds is 2. The standard InChI is InChI=1S/C16H12BrN5/c1-10-2-5-15-19-20-16(22(15)21-10)7-11-3-4-14-12(6-11)8-13(17)9-18-14/h2-6,8-9H,7H2,1H3. The normalized spacial score (nSPS) is 11.4. The molecule has 0 aliphatic carbocycles. The third-order valence-corrected chi connectivity index (χ3v) is 3.97. The minimum absolute atomic E-state index is 0.681. The van der Waals surface area contributed by atoms with Crippen LogP contribution in [0.4, 0.5) is 0 Å². The van der Waals surface area contributed by atoms with E-state index in [1.54, 1.807) is 10.7 Å². The number of pyridine rings is 1. The van der Waals surface area contributed by atoms with Gasteiger partial charge in [-0.15, -0.1) is 10.2 Å². The number of benzene rings is 1. The Morgan fingerprint density at radius 1 is 1.09 bits per heavy atom. The first-order valence-corrected chi connectivity index (χ1v) is 7.70. The van der Waals surface area contributed by atoms with Crippen molar-refractivity contribution in [2.75, 3.05) is 0 Å². The summed E-state index contributed by atoms with van der Waals surface area (Å²) in [5.41, 5.74) is 3.85. The Morgan fingerprint density at radius 2 is 2.00 bits per heavy atom. The maximum atomic E-state index is 4.48. The molecule has 4 rings (SSSR count). The van der Waals surface area contributed by atoms with Crippen molar-refractivity contribution in [3.05, 3.63) is 64.1 Å². The SMILES string of the molecule is Cc1ccc2nnc(Cc3ccc4ncc(Br)cc4c3)n2n1. The number of hydrogen-bond acceptors (Lipinski definition) is 4. The highest BCUT2D eigenvalue weighted by Gasteiger charge is 2.08. The van der Waals surface area contributed by atoms with E-state index in [2.05, 4.69) is 54.4 Å². The van der Waals surface area contributed by atoms with Crippen molar-refractivity contribution in [1.82, 2.24) is 24.8 Å². The van der Waals surface area contributed by atoms with Crippen LogP contribution in [0, 0.1) is 6.92 Å². The fourth-order valence-electron chi connectivity index (χ4n) is 2.48. The first kappa shape index (κ1) is 13.3. The number of aryl methyl sites for hydroxylation is 1. The van der Waals surface area contributed by atoms with E-state index in [0.29, 0.717) is 6.42 Å². The van der Waals surface area contributed by atoms with Crippen LogP contribution in [-0.2, 0) is 6.42 Å². The second kappa shape index (κ2) is 5.14. The molecule has 3 heterocycles. The molecule has 0 atom stereocenters. The predicted octanol–water partition coefficient (Wildman–Crippen LogP) is 3.33. The van der Waals surface area contributed by atoms with E-state index >= 15 is 0 Å². The summed E-state index contributed by atoms with van der Waals surface area (Å²) in [6.07, 6.45) is 2.49. The number of halogens is 1. The Kier molecular flexibility index (Phi) is 3.11. The summed E-state index contributed by atoms with van der Waals surface area (Å²) < 4.78 is 2.78. The molecule has 0 N–H and O–H groups in total. The minimum Gasteiger partial charge on any atom is -0.255 e. The van der Waals surface area contributed by atoms with Crippen LogP contribution in [0.5, 0.6) is 0 Å². The topological polar surface area (TPSA) is 56.0 Å². The lowest BCUT2D eigenvalue weighted by molar-refractivity contribution is 0.821. The Morgan fingerprint density at radius 3 is 2.91 bits per heavy atom. The molecule has 0 radical (unpaired) electrons. The molecular weight excluding hydrogens is 342 g/mol. The zero-order valence-corrected chi connectivity index (χ0v) is 13.4. The Bertz CT molecular complexity index is 992. The molecule has 6 heteroatoms. The van der Waals surface area contributed by atoms with Crippen LogP contribution in [-0.4, -0.2) is 24.8 Å². The quantitative estimate of drug-likeness (QED) is 0.554. The van der Waals surface area contributed by atoms with E-state index in [4.69, 9.17) is 0 Å². The third-order valence-electron chi connectivity index (χ3n) is 3.54. The largest absolute Gasteiger partial charge is 0.255 e. The molecule has 0 spiro atoms. The summed E-state index contributed by atoms with van der Waals surface area (Å²) in [4.78, 5) is 4.39. The van der Waals surface area contributed by atoms with E-state index in [9.17, 15) is 0 Å². The van der Waals surface area contributed by atoms with Gasteiger partial charge in [0.15, 0.2) is 11.5 Å². The Hall–Kier alpha value is -2.34. The Labute approximate surface area is 135 Å². The second-order valence-corrected chi connectivity index (χ2v) is 6.13. The maximum absolute atomic E-state index is 4.48. The van der Waals surface area contributed by atoms with Gasteiger partial charge in [-0.2, -0.15) is 9.61 Å². The van der Waals surface area contributed by atoms with E-state index in [1.807, 2.05) is 25.1 Å². The van der Waals surface area contributed by atoms with E-state index in [1.165, 1.54) is 0 Å². The van der Waals surface area contributed by atoms with Crippen LogP contribution >= 0.6 is 15.9 Å². The molecule has 3 aromatic heterocycles. The minimum atomic E-state index is 0.681. The van der Waals surface area contributed by atoms with Crippen molar-refractivity contribution < 1.29 is 0 Å². The summed E-state index contributed by atoms with van der Waals surface area (Å²) in [6.45, 7) is 1.96. The molecule has 0 saturated heterocycles. The number of fused-ring (bicyclic) bond motifs is 2. The summed E-state index contributed by atoms with van der Waals surface area (Å²) in [5.74, 6) is 0.834. The lowest BCUT2D eigenvalue weighted by Crippen LogP contribution is -2.01. The molecule has 0 aliphatic heterocycles. The van der Waals surface area contributed by atoms with Gasteiger partial charge >= 0.3 is 0 Å². The summed E-state index contributed by atoms with van der Waals surface area (Å²) in [7, 11) is 0. The van der Waals surface area contributed by atoms with Crippen molar-refractivity contribution in [1.29, 1.82) is 0 Å². The molecule has 0 saturated carbocycles.